The Morgan fingerprint density at radius 1 is 1.31 bits per heavy atom. The molecule has 1 heteroatoms. The summed E-state index contributed by atoms with van der Waals surface area (Å²) in [7, 11) is 0. The summed E-state index contributed by atoms with van der Waals surface area (Å²) in [4.78, 5) is 0. The minimum atomic E-state index is 0.157. The van der Waals surface area contributed by atoms with Crippen LogP contribution >= 0.6 is 0 Å². The number of hydrogen-bond acceptors (Lipinski definition) is 1. The van der Waals surface area contributed by atoms with Crippen molar-refractivity contribution >= 4 is 0 Å². The molecular formula is C15H22O. The van der Waals surface area contributed by atoms with Crippen LogP contribution in [-0.2, 0) is 10.8 Å². The van der Waals surface area contributed by atoms with Crippen molar-refractivity contribution < 1.29 is 4.74 Å². The summed E-state index contributed by atoms with van der Waals surface area (Å²) >= 11 is 0. The van der Waals surface area contributed by atoms with Crippen LogP contribution in [0, 0.1) is 0 Å². The highest BCUT2D eigenvalue weighted by atomic mass is 16.5. The van der Waals surface area contributed by atoms with E-state index in [0.29, 0.717) is 0 Å². The second-order valence-electron chi connectivity index (χ2n) is 6.14. The zero-order chi connectivity index (χ0) is 12.0. The Morgan fingerprint density at radius 3 is 2.56 bits per heavy atom. The topological polar surface area (TPSA) is 9.23 Å². The van der Waals surface area contributed by atoms with E-state index in [-0.39, 0.29) is 10.8 Å². The Labute approximate surface area is 98.8 Å². The predicted octanol–water partition coefficient (Wildman–Crippen LogP) is 4.04. The van der Waals surface area contributed by atoms with E-state index in [2.05, 4.69) is 52.8 Å². The van der Waals surface area contributed by atoms with Gasteiger partial charge in [0.05, 0.1) is 6.61 Å². The summed E-state index contributed by atoms with van der Waals surface area (Å²) in [5.74, 6) is 1.14. The summed E-state index contributed by atoms with van der Waals surface area (Å²) in [6.45, 7) is 12.1. The molecule has 1 nitrogen and oxygen atoms in total. The molecule has 88 valence electrons. The summed E-state index contributed by atoms with van der Waals surface area (Å²) in [6, 6.07) is 6.59. The lowest BCUT2D eigenvalue weighted by atomic mass is 9.78. The minimum Gasteiger partial charge on any atom is -0.492 e. The first-order valence-corrected chi connectivity index (χ1v) is 6.15. The number of hydrogen-bond donors (Lipinski definition) is 0. The molecule has 0 spiro atoms. The lowest BCUT2D eigenvalue weighted by molar-refractivity contribution is 0.269. The molecule has 0 aliphatic carbocycles. The molecule has 0 radical (unpaired) electrons. The minimum absolute atomic E-state index is 0.157. The molecule has 1 aromatic rings. The molecule has 2 rings (SSSR count). The van der Waals surface area contributed by atoms with E-state index in [0.717, 1.165) is 18.8 Å². The molecule has 0 saturated heterocycles. The van der Waals surface area contributed by atoms with Gasteiger partial charge in [-0.25, -0.2) is 0 Å². The van der Waals surface area contributed by atoms with Crippen LogP contribution in [0.15, 0.2) is 18.2 Å². The van der Waals surface area contributed by atoms with Crippen molar-refractivity contribution in [3.05, 3.63) is 29.3 Å². The van der Waals surface area contributed by atoms with E-state index in [9.17, 15) is 0 Å². The molecule has 0 aromatic heterocycles. The van der Waals surface area contributed by atoms with Gasteiger partial charge in [0.1, 0.15) is 5.75 Å². The Balaban J connectivity index is 2.57. The maximum absolute atomic E-state index is 5.96. The van der Waals surface area contributed by atoms with Gasteiger partial charge in [0.2, 0.25) is 0 Å². The standard InChI is InChI=1S/C15H22O/c1-6-15(5)10-16-13-11(14(2,3)4)8-7-9-12(13)15/h7-9H,6,10H2,1-5H3/t15-/m0/s1. The van der Waals surface area contributed by atoms with Crippen LogP contribution in [0.3, 0.4) is 0 Å². The molecule has 0 N–H and O–H groups in total. The fraction of sp³-hybridized carbons (Fsp3) is 0.600. The summed E-state index contributed by atoms with van der Waals surface area (Å²) in [6.07, 6.45) is 1.13. The van der Waals surface area contributed by atoms with Crippen molar-refractivity contribution in [1.29, 1.82) is 0 Å². The van der Waals surface area contributed by atoms with Crippen molar-refractivity contribution in [2.24, 2.45) is 0 Å². The molecular weight excluding hydrogens is 196 g/mol. The maximum Gasteiger partial charge on any atom is 0.126 e. The number of benzene rings is 1. The van der Waals surface area contributed by atoms with E-state index >= 15 is 0 Å². The molecule has 0 fully saturated rings. The van der Waals surface area contributed by atoms with E-state index in [1.54, 1.807) is 0 Å². The smallest absolute Gasteiger partial charge is 0.126 e. The first-order valence-electron chi connectivity index (χ1n) is 6.15. The van der Waals surface area contributed by atoms with Crippen molar-refractivity contribution in [3.8, 4) is 5.75 Å². The zero-order valence-corrected chi connectivity index (χ0v) is 11.1. The van der Waals surface area contributed by atoms with Crippen LogP contribution < -0.4 is 4.74 Å². The monoisotopic (exact) mass is 218 g/mol. The van der Waals surface area contributed by atoms with Gasteiger partial charge in [0.25, 0.3) is 0 Å². The first kappa shape index (κ1) is 11.5. The van der Waals surface area contributed by atoms with Crippen molar-refractivity contribution in [1.82, 2.24) is 0 Å². The number of fused-ring (bicyclic) bond motifs is 1. The van der Waals surface area contributed by atoms with Gasteiger partial charge in [-0.3, -0.25) is 0 Å². The average molecular weight is 218 g/mol. The number of rotatable bonds is 1. The van der Waals surface area contributed by atoms with E-state index in [1.165, 1.54) is 11.1 Å². The summed E-state index contributed by atoms with van der Waals surface area (Å²) in [5, 5.41) is 0. The van der Waals surface area contributed by atoms with Crippen molar-refractivity contribution in [2.45, 2.75) is 51.9 Å². The summed E-state index contributed by atoms with van der Waals surface area (Å²) < 4.78 is 5.96. The van der Waals surface area contributed by atoms with Crippen LogP contribution in [0.2, 0.25) is 0 Å². The highest BCUT2D eigenvalue weighted by molar-refractivity contribution is 5.51. The van der Waals surface area contributed by atoms with Crippen LogP contribution in [0.1, 0.15) is 52.2 Å². The SMILES string of the molecule is CC[C@@]1(C)COc2c(C(C)(C)C)cccc21. The third-order valence-corrected chi connectivity index (χ3v) is 3.79. The third kappa shape index (κ3) is 1.63. The Kier molecular flexibility index (Phi) is 2.52. The van der Waals surface area contributed by atoms with Crippen molar-refractivity contribution in [2.75, 3.05) is 6.61 Å². The van der Waals surface area contributed by atoms with Gasteiger partial charge in [-0.15, -0.1) is 0 Å². The third-order valence-electron chi connectivity index (χ3n) is 3.79. The van der Waals surface area contributed by atoms with Crippen LogP contribution in [0.5, 0.6) is 5.75 Å². The van der Waals surface area contributed by atoms with Gasteiger partial charge in [-0.1, -0.05) is 52.8 Å². The quantitative estimate of drug-likeness (QED) is 0.691. The van der Waals surface area contributed by atoms with Gasteiger partial charge < -0.3 is 4.74 Å². The first-order chi connectivity index (χ1) is 7.38. The Hall–Kier alpha value is -0.980. The number of ether oxygens (including phenoxy) is 1. The van der Waals surface area contributed by atoms with Crippen LogP contribution in [-0.4, -0.2) is 6.61 Å². The van der Waals surface area contributed by atoms with Gasteiger partial charge >= 0.3 is 0 Å². The fourth-order valence-electron chi connectivity index (χ4n) is 2.36. The van der Waals surface area contributed by atoms with E-state index < -0.39 is 0 Å². The molecule has 1 aromatic carbocycles. The second-order valence-corrected chi connectivity index (χ2v) is 6.14. The molecule has 0 amide bonds. The largest absolute Gasteiger partial charge is 0.492 e. The normalized spacial score (nSPS) is 24.1. The van der Waals surface area contributed by atoms with Gasteiger partial charge in [0.15, 0.2) is 0 Å². The lowest BCUT2D eigenvalue weighted by Gasteiger charge is -2.23. The maximum atomic E-state index is 5.96. The van der Waals surface area contributed by atoms with Gasteiger partial charge in [0, 0.05) is 11.0 Å². The van der Waals surface area contributed by atoms with Crippen LogP contribution in [0.25, 0.3) is 0 Å². The Morgan fingerprint density at radius 2 is 2.00 bits per heavy atom. The van der Waals surface area contributed by atoms with E-state index in [1.807, 2.05) is 0 Å². The molecule has 1 aliphatic rings. The molecule has 1 aliphatic heterocycles. The number of para-hydroxylation sites is 1. The van der Waals surface area contributed by atoms with Gasteiger partial charge in [-0.2, -0.15) is 0 Å². The molecule has 0 unspecified atom stereocenters. The molecule has 1 heterocycles. The van der Waals surface area contributed by atoms with Crippen molar-refractivity contribution in [3.63, 3.8) is 0 Å². The molecule has 1 atom stereocenters. The molecule has 16 heavy (non-hydrogen) atoms. The highest BCUT2D eigenvalue weighted by Gasteiger charge is 2.37. The fourth-order valence-corrected chi connectivity index (χ4v) is 2.36. The summed E-state index contributed by atoms with van der Waals surface area (Å²) in [5.41, 5.74) is 3.09. The lowest BCUT2D eigenvalue weighted by Crippen LogP contribution is -2.22. The zero-order valence-electron chi connectivity index (χ0n) is 11.1. The highest BCUT2D eigenvalue weighted by Crippen LogP contribution is 2.45. The van der Waals surface area contributed by atoms with Crippen LogP contribution in [0.4, 0.5) is 0 Å². The average Bonchev–Trinajstić information content (AvgIpc) is 2.56. The second kappa shape index (κ2) is 3.51. The predicted molar refractivity (Wildman–Crippen MR) is 68.3 cm³/mol. The molecule has 0 bridgehead atoms. The van der Waals surface area contributed by atoms with Gasteiger partial charge in [-0.05, 0) is 17.4 Å². The van der Waals surface area contributed by atoms with E-state index in [4.69, 9.17) is 4.74 Å². The molecule has 0 saturated carbocycles. The Bertz CT molecular complexity index is 400.